The molecular formula is C21H33IN2O2. The fourth-order valence-electron chi connectivity index (χ4n) is 3.20. The van der Waals surface area contributed by atoms with Crippen molar-refractivity contribution in [3.8, 4) is 0 Å². The second-order valence-electron chi connectivity index (χ2n) is 8.35. The lowest BCUT2D eigenvalue weighted by Gasteiger charge is -2.33. The molecule has 2 atom stereocenters. The number of hydrogen-bond acceptors (Lipinski definition) is 3. The number of rotatable bonds is 6. The van der Waals surface area contributed by atoms with Gasteiger partial charge in [-0.2, -0.15) is 0 Å². The molecule has 1 aliphatic heterocycles. The number of hydrogen-bond donors (Lipinski definition) is 1. The number of amides is 1. The van der Waals surface area contributed by atoms with Gasteiger partial charge in [0.15, 0.2) is 0 Å². The van der Waals surface area contributed by atoms with Crippen LogP contribution in [0.4, 0.5) is 4.79 Å². The van der Waals surface area contributed by atoms with Crippen molar-refractivity contribution in [3.63, 3.8) is 0 Å². The Morgan fingerprint density at radius 2 is 1.96 bits per heavy atom. The van der Waals surface area contributed by atoms with Crippen molar-refractivity contribution in [2.45, 2.75) is 58.6 Å². The van der Waals surface area contributed by atoms with Crippen LogP contribution in [0.1, 0.15) is 47.0 Å². The first-order chi connectivity index (χ1) is 12.2. The number of halogens is 1. The summed E-state index contributed by atoms with van der Waals surface area (Å²) >= 11 is 2.33. The van der Waals surface area contributed by atoms with E-state index in [1.807, 2.05) is 32.6 Å². The van der Waals surface area contributed by atoms with Crippen LogP contribution in [0.5, 0.6) is 0 Å². The summed E-state index contributed by atoms with van der Waals surface area (Å²) < 4.78 is 6.70. The summed E-state index contributed by atoms with van der Waals surface area (Å²) in [6.45, 7) is 14.6. The second kappa shape index (κ2) is 9.40. The Bertz CT molecular complexity index is 569. The molecular weight excluding hydrogens is 439 g/mol. The average molecular weight is 472 g/mol. The van der Waals surface area contributed by atoms with Gasteiger partial charge in [-0.15, -0.1) is 0 Å². The Balaban J connectivity index is 1.65. The van der Waals surface area contributed by atoms with E-state index in [0.717, 1.165) is 32.5 Å². The second-order valence-corrected chi connectivity index (χ2v) is 9.60. The van der Waals surface area contributed by atoms with Gasteiger partial charge in [0.05, 0.1) is 0 Å². The van der Waals surface area contributed by atoms with Crippen LogP contribution in [0.3, 0.4) is 0 Å². The molecule has 0 spiro atoms. The minimum Gasteiger partial charge on any atom is -0.444 e. The largest absolute Gasteiger partial charge is 0.444 e. The van der Waals surface area contributed by atoms with Gasteiger partial charge in [-0.1, -0.05) is 24.3 Å². The molecule has 1 saturated heterocycles. The number of piperidine rings is 1. The first-order valence-electron chi connectivity index (χ1n) is 9.59. The van der Waals surface area contributed by atoms with E-state index in [2.05, 4.69) is 52.7 Å². The zero-order valence-corrected chi connectivity index (χ0v) is 18.7. The Hall–Kier alpha value is -0.820. The number of ether oxygens (including phenoxy) is 1. The van der Waals surface area contributed by atoms with Crippen molar-refractivity contribution in [1.29, 1.82) is 0 Å². The van der Waals surface area contributed by atoms with Gasteiger partial charge in [-0.3, -0.25) is 0 Å². The molecule has 1 saturated carbocycles. The molecule has 1 amide bonds. The smallest absolute Gasteiger partial charge is 0.410 e. The van der Waals surface area contributed by atoms with Crippen molar-refractivity contribution >= 4 is 28.7 Å². The van der Waals surface area contributed by atoms with E-state index in [9.17, 15) is 4.79 Å². The van der Waals surface area contributed by atoms with E-state index >= 15 is 0 Å². The predicted octanol–water partition coefficient (Wildman–Crippen LogP) is 5.06. The highest BCUT2D eigenvalue weighted by Crippen LogP contribution is 2.37. The third-order valence-corrected chi connectivity index (χ3v) is 5.92. The van der Waals surface area contributed by atoms with Crippen molar-refractivity contribution in [2.24, 2.45) is 11.8 Å². The Morgan fingerprint density at radius 3 is 2.54 bits per heavy atom. The van der Waals surface area contributed by atoms with Crippen molar-refractivity contribution in [3.05, 3.63) is 34.0 Å². The molecule has 0 radical (unpaired) electrons. The maximum absolute atomic E-state index is 12.1. The summed E-state index contributed by atoms with van der Waals surface area (Å²) in [5.41, 5.74) is 0.802. The quantitative estimate of drug-likeness (QED) is 0.434. The Labute approximate surface area is 172 Å². The number of likely N-dealkylation sites (tertiary alicyclic amines) is 1. The SMILES string of the molecule is C=C(/C=C\C(I)=C/C)[C@H]1C[C@@H]1NCC1CCN(C(=O)OC(C)(C)C)CC1. The van der Waals surface area contributed by atoms with Crippen molar-refractivity contribution in [2.75, 3.05) is 19.6 Å². The number of allylic oxidation sites excluding steroid dienone is 4. The van der Waals surface area contributed by atoms with Crippen LogP contribution < -0.4 is 5.32 Å². The molecule has 1 aliphatic carbocycles. The molecule has 1 N–H and O–H groups in total. The Kier molecular flexibility index (Phi) is 7.76. The van der Waals surface area contributed by atoms with Gasteiger partial charge in [0.25, 0.3) is 0 Å². The molecule has 2 rings (SSSR count). The molecule has 2 aliphatic rings. The van der Waals surface area contributed by atoms with Crippen molar-refractivity contribution < 1.29 is 9.53 Å². The number of carbonyl (C=O) groups excluding carboxylic acids is 1. The lowest BCUT2D eigenvalue weighted by atomic mass is 9.97. The van der Waals surface area contributed by atoms with E-state index in [-0.39, 0.29) is 6.09 Å². The molecule has 0 aromatic rings. The molecule has 5 heteroatoms. The van der Waals surface area contributed by atoms with Gasteiger partial charge < -0.3 is 15.0 Å². The van der Waals surface area contributed by atoms with Gasteiger partial charge in [0, 0.05) is 28.6 Å². The highest BCUT2D eigenvalue weighted by Gasteiger charge is 2.38. The van der Waals surface area contributed by atoms with Crippen LogP contribution in [0.2, 0.25) is 0 Å². The lowest BCUT2D eigenvalue weighted by molar-refractivity contribution is 0.0184. The highest BCUT2D eigenvalue weighted by molar-refractivity contribution is 14.1. The molecule has 0 bridgehead atoms. The summed E-state index contributed by atoms with van der Waals surface area (Å²) in [6.07, 6.45) is 9.47. The van der Waals surface area contributed by atoms with Crippen LogP contribution in [0, 0.1) is 11.8 Å². The third-order valence-electron chi connectivity index (χ3n) is 4.93. The molecule has 1 heterocycles. The molecule has 26 heavy (non-hydrogen) atoms. The Morgan fingerprint density at radius 1 is 1.31 bits per heavy atom. The van der Waals surface area contributed by atoms with E-state index < -0.39 is 5.60 Å². The van der Waals surface area contributed by atoms with E-state index in [1.165, 1.54) is 15.6 Å². The zero-order valence-electron chi connectivity index (χ0n) is 16.6. The molecule has 0 unspecified atom stereocenters. The first-order valence-corrected chi connectivity index (χ1v) is 10.7. The fourth-order valence-corrected chi connectivity index (χ4v) is 3.38. The molecule has 0 aromatic carbocycles. The van der Waals surface area contributed by atoms with Gasteiger partial charge in [0.2, 0.25) is 0 Å². The fraction of sp³-hybridized carbons (Fsp3) is 0.667. The van der Waals surface area contributed by atoms with Crippen molar-refractivity contribution in [1.82, 2.24) is 10.2 Å². The number of nitrogens with zero attached hydrogens (tertiary/aromatic N) is 1. The maximum atomic E-state index is 12.1. The molecule has 2 fully saturated rings. The minimum atomic E-state index is -0.418. The van der Waals surface area contributed by atoms with Gasteiger partial charge >= 0.3 is 6.09 Å². The van der Waals surface area contributed by atoms with Crippen LogP contribution in [-0.2, 0) is 4.74 Å². The van der Waals surface area contributed by atoms with E-state index in [4.69, 9.17) is 4.74 Å². The summed E-state index contributed by atoms with van der Waals surface area (Å²) in [6, 6.07) is 0.569. The van der Waals surface area contributed by atoms with Crippen LogP contribution in [0.15, 0.2) is 34.0 Å². The number of carbonyl (C=O) groups is 1. The van der Waals surface area contributed by atoms with Gasteiger partial charge in [-0.25, -0.2) is 4.79 Å². The summed E-state index contributed by atoms with van der Waals surface area (Å²) in [5.74, 6) is 1.22. The first kappa shape index (κ1) is 21.5. The number of nitrogens with one attached hydrogen (secondary N) is 1. The molecule has 0 aromatic heterocycles. The minimum absolute atomic E-state index is 0.176. The summed E-state index contributed by atoms with van der Waals surface area (Å²) in [4.78, 5) is 14.0. The lowest BCUT2D eigenvalue weighted by Crippen LogP contribution is -2.43. The van der Waals surface area contributed by atoms with Crippen LogP contribution >= 0.6 is 22.6 Å². The highest BCUT2D eigenvalue weighted by atomic mass is 127. The topological polar surface area (TPSA) is 41.6 Å². The average Bonchev–Trinajstić information content (AvgIpc) is 3.36. The third kappa shape index (κ3) is 7.06. The monoisotopic (exact) mass is 472 g/mol. The van der Waals surface area contributed by atoms with Crippen LogP contribution in [-0.4, -0.2) is 42.3 Å². The zero-order chi connectivity index (χ0) is 19.3. The normalized spacial score (nSPS) is 24.8. The van der Waals surface area contributed by atoms with Crippen LogP contribution in [0.25, 0.3) is 0 Å². The predicted molar refractivity (Wildman–Crippen MR) is 116 cm³/mol. The van der Waals surface area contributed by atoms with E-state index in [0.29, 0.717) is 17.9 Å². The summed E-state index contributed by atoms with van der Waals surface area (Å²) in [7, 11) is 0. The molecule has 146 valence electrons. The van der Waals surface area contributed by atoms with Gasteiger partial charge in [0.1, 0.15) is 5.60 Å². The molecule has 4 nitrogen and oxygen atoms in total. The maximum Gasteiger partial charge on any atom is 0.410 e. The van der Waals surface area contributed by atoms with Gasteiger partial charge in [-0.05, 0) is 88.1 Å². The summed E-state index contributed by atoms with van der Waals surface area (Å²) in [5, 5.41) is 3.70. The standard InChI is InChI=1S/C21H33IN2O2/c1-6-17(22)8-7-15(2)18-13-19(18)23-14-16-9-11-24(12-10-16)20(25)26-21(3,4)5/h6-8,16,18-19,23H,2,9-14H2,1,3-5H3/b8-7-,17-6+/t18-,19+/m1/s1. The van der Waals surface area contributed by atoms with E-state index in [1.54, 1.807) is 0 Å².